The second-order valence-electron chi connectivity index (χ2n) is 28.3. The van der Waals surface area contributed by atoms with Gasteiger partial charge >= 0.3 is 0 Å². The van der Waals surface area contributed by atoms with Crippen LogP contribution in [-0.4, -0.2) is 12.3 Å². The molecule has 0 saturated heterocycles. The van der Waals surface area contributed by atoms with Crippen molar-refractivity contribution < 1.29 is 0 Å². The molecule has 0 aromatic heterocycles. The van der Waals surface area contributed by atoms with E-state index in [-0.39, 0.29) is 33.9 Å². The average Bonchev–Trinajstić information content (AvgIpc) is 2.58. The Bertz CT molecular complexity index is 4020. The number of benzene rings is 9. The fourth-order valence-electron chi connectivity index (χ4n) is 16.4. The largest absolute Gasteiger partial charge is 0.334 e. The average molecular weight is 1050 g/mol. The van der Waals surface area contributed by atoms with E-state index in [1.54, 1.807) is 0 Å². The first-order valence-corrected chi connectivity index (χ1v) is 30.4. The van der Waals surface area contributed by atoms with E-state index in [0.29, 0.717) is 0 Å². The highest BCUT2D eigenvalue weighted by atomic mass is 15.3. The lowest BCUT2D eigenvalue weighted by atomic mass is 9.33. The van der Waals surface area contributed by atoms with Crippen LogP contribution in [0.5, 0.6) is 0 Å². The third-order valence-electron chi connectivity index (χ3n) is 20.5. The maximum atomic E-state index is 2.86. The van der Waals surface area contributed by atoms with Gasteiger partial charge in [0, 0.05) is 50.8 Å². The smallest absolute Gasteiger partial charge is 0.252 e. The Hall–Kier alpha value is -7.56. The fraction of sp³-hybridized carbons (Fsp3) is 0.299. The van der Waals surface area contributed by atoms with Crippen molar-refractivity contribution >= 4 is 68.6 Å². The standard InChI is InChI=1S/C77H76BN3/c1-73(2,3)59-30-34-66(62(43-59)53-25-17-12-18-26-53)80-68-33-29-54(52-23-15-11-16-24-52)40-64(68)78-65-41-57-48-75(6,7)49-58(57)42-69(65)79(60-31-28-55-46-74(4,5)47-56(55)39-60)70-44-61(45-71(80)72(70)78)81-67-32-27-51(37-50-21-13-10-14-22-50)38-63(67)76(8)35-19-20-36-77(76,81)9/h10-18,21-34,38-45H,19-20,35-37,46-49H2,1-9H3. The lowest BCUT2D eigenvalue weighted by Crippen LogP contribution is -2.61. The lowest BCUT2D eigenvalue weighted by Gasteiger charge is -2.51. The van der Waals surface area contributed by atoms with Crippen LogP contribution in [0.2, 0.25) is 0 Å². The van der Waals surface area contributed by atoms with Crippen LogP contribution in [-0.2, 0) is 42.9 Å². The van der Waals surface area contributed by atoms with Crippen LogP contribution < -0.4 is 31.1 Å². The van der Waals surface area contributed by atoms with Crippen LogP contribution in [0.4, 0.5) is 45.5 Å². The summed E-state index contributed by atoms with van der Waals surface area (Å²) in [5.74, 6) is 0. The van der Waals surface area contributed by atoms with Crippen molar-refractivity contribution in [3.05, 3.63) is 233 Å². The summed E-state index contributed by atoms with van der Waals surface area (Å²) in [6.45, 7) is 22.1. The SMILES string of the molecule is CC1(C)Cc2ccc(N3c4cc5c(cc4B4c6cc(-c7ccccc7)ccc6N(c6ccc(C(C)(C)C)cc6-c6ccccc6)c6cc(N7c8ccc(Cc9ccccc9)cc8C8(C)CCCCC78C)cc3c64)CC(C)(C)C5)cc2C1. The van der Waals surface area contributed by atoms with E-state index in [1.807, 2.05) is 0 Å². The number of fused-ring (bicyclic) bond motifs is 9. The summed E-state index contributed by atoms with van der Waals surface area (Å²) >= 11 is 0. The summed E-state index contributed by atoms with van der Waals surface area (Å²) in [6, 6.07) is 73.9. The zero-order valence-electron chi connectivity index (χ0n) is 49.2. The molecule has 6 aliphatic rings. The van der Waals surface area contributed by atoms with Crippen LogP contribution in [0.3, 0.4) is 0 Å². The first-order chi connectivity index (χ1) is 38.9. The van der Waals surface area contributed by atoms with E-state index < -0.39 is 0 Å². The Labute approximate surface area is 482 Å². The molecule has 0 amide bonds. The molecule has 3 nitrogen and oxygen atoms in total. The first kappa shape index (κ1) is 50.4. The minimum atomic E-state index is -0.173. The van der Waals surface area contributed by atoms with E-state index in [2.05, 4.69) is 265 Å². The zero-order valence-corrected chi connectivity index (χ0v) is 49.2. The molecule has 3 aliphatic carbocycles. The summed E-state index contributed by atoms with van der Waals surface area (Å²) in [6.07, 6.45) is 10.0. The van der Waals surface area contributed by atoms with Crippen molar-refractivity contribution in [3.63, 3.8) is 0 Å². The molecule has 15 rings (SSSR count). The Kier molecular flexibility index (Phi) is 11.2. The van der Waals surface area contributed by atoms with E-state index in [9.17, 15) is 0 Å². The highest BCUT2D eigenvalue weighted by Gasteiger charge is 2.58. The zero-order chi connectivity index (χ0) is 55.4. The van der Waals surface area contributed by atoms with Gasteiger partial charge in [0.05, 0.1) is 11.2 Å². The highest BCUT2D eigenvalue weighted by Crippen LogP contribution is 2.62. The Morgan fingerprint density at radius 2 is 1.04 bits per heavy atom. The van der Waals surface area contributed by atoms with Gasteiger partial charge < -0.3 is 14.7 Å². The van der Waals surface area contributed by atoms with Gasteiger partial charge in [0.15, 0.2) is 0 Å². The Morgan fingerprint density at radius 3 is 1.75 bits per heavy atom. The number of rotatable bonds is 7. The predicted octanol–water partition coefficient (Wildman–Crippen LogP) is 18.0. The summed E-state index contributed by atoms with van der Waals surface area (Å²) in [4.78, 5) is 8.32. The second kappa shape index (κ2) is 18.0. The molecule has 0 N–H and O–H groups in total. The van der Waals surface area contributed by atoms with Crippen LogP contribution in [0.25, 0.3) is 22.3 Å². The van der Waals surface area contributed by atoms with Crippen molar-refractivity contribution in [2.75, 3.05) is 14.7 Å². The molecular weight excluding hydrogens is 978 g/mol. The minimum Gasteiger partial charge on any atom is -0.334 e. The molecule has 1 saturated carbocycles. The Morgan fingerprint density at radius 1 is 0.432 bits per heavy atom. The molecule has 2 atom stereocenters. The first-order valence-electron chi connectivity index (χ1n) is 30.4. The molecule has 2 unspecified atom stereocenters. The molecule has 0 bridgehead atoms. The van der Waals surface area contributed by atoms with Gasteiger partial charge in [0.1, 0.15) is 0 Å². The number of hydrogen-bond donors (Lipinski definition) is 0. The number of hydrogen-bond acceptors (Lipinski definition) is 3. The normalized spacial score (nSPS) is 20.5. The Balaban J connectivity index is 1.06. The van der Waals surface area contributed by atoms with Gasteiger partial charge in [-0.15, -0.1) is 0 Å². The van der Waals surface area contributed by atoms with Gasteiger partial charge in [0.2, 0.25) is 0 Å². The van der Waals surface area contributed by atoms with Gasteiger partial charge in [-0.3, -0.25) is 0 Å². The molecule has 9 aromatic carbocycles. The van der Waals surface area contributed by atoms with Crippen molar-refractivity contribution in [1.82, 2.24) is 0 Å². The van der Waals surface area contributed by atoms with Crippen molar-refractivity contribution in [3.8, 4) is 22.3 Å². The second-order valence-corrected chi connectivity index (χ2v) is 28.3. The molecule has 4 heteroatoms. The maximum absolute atomic E-state index is 2.86. The van der Waals surface area contributed by atoms with Gasteiger partial charge in [-0.1, -0.05) is 202 Å². The van der Waals surface area contributed by atoms with Crippen molar-refractivity contribution in [2.45, 2.75) is 136 Å². The topological polar surface area (TPSA) is 9.72 Å². The summed E-state index contributed by atoms with van der Waals surface area (Å²) in [5, 5.41) is 0. The van der Waals surface area contributed by atoms with Gasteiger partial charge in [-0.2, -0.15) is 0 Å². The van der Waals surface area contributed by atoms with Crippen LogP contribution in [0.15, 0.2) is 188 Å². The predicted molar refractivity (Wildman–Crippen MR) is 344 cm³/mol. The highest BCUT2D eigenvalue weighted by molar-refractivity contribution is 7.00. The molecular formula is C77H76BN3. The third kappa shape index (κ3) is 7.97. The number of nitrogens with zero attached hydrogens (tertiary/aromatic N) is 3. The fourth-order valence-corrected chi connectivity index (χ4v) is 16.4. The molecule has 1 fully saturated rings. The van der Waals surface area contributed by atoms with Crippen molar-refractivity contribution in [1.29, 1.82) is 0 Å². The molecule has 3 heterocycles. The lowest BCUT2D eigenvalue weighted by molar-refractivity contribution is 0.195. The van der Waals surface area contributed by atoms with Crippen LogP contribution >= 0.6 is 0 Å². The summed E-state index contributed by atoms with van der Waals surface area (Å²) in [5.41, 5.74) is 31.1. The molecule has 9 aromatic rings. The molecule has 81 heavy (non-hydrogen) atoms. The monoisotopic (exact) mass is 1050 g/mol. The molecule has 402 valence electrons. The van der Waals surface area contributed by atoms with Crippen LogP contribution in [0.1, 0.15) is 133 Å². The number of anilines is 8. The van der Waals surface area contributed by atoms with E-state index in [1.165, 1.54) is 141 Å². The summed E-state index contributed by atoms with van der Waals surface area (Å²) in [7, 11) is 0. The van der Waals surface area contributed by atoms with E-state index >= 15 is 0 Å². The third-order valence-corrected chi connectivity index (χ3v) is 20.5. The van der Waals surface area contributed by atoms with Gasteiger partial charge in [0.25, 0.3) is 6.71 Å². The van der Waals surface area contributed by atoms with Gasteiger partial charge in [-0.05, 0) is 200 Å². The van der Waals surface area contributed by atoms with Crippen molar-refractivity contribution in [2.24, 2.45) is 10.8 Å². The van der Waals surface area contributed by atoms with Gasteiger partial charge in [-0.25, -0.2) is 0 Å². The summed E-state index contributed by atoms with van der Waals surface area (Å²) < 4.78 is 0. The maximum Gasteiger partial charge on any atom is 0.252 e. The van der Waals surface area contributed by atoms with E-state index in [0.717, 1.165) is 44.9 Å². The van der Waals surface area contributed by atoms with E-state index in [4.69, 9.17) is 0 Å². The molecule has 3 aliphatic heterocycles. The quantitative estimate of drug-likeness (QED) is 0.147. The molecule has 0 spiro atoms. The van der Waals surface area contributed by atoms with Crippen LogP contribution in [0, 0.1) is 10.8 Å². The molecule has 0 radical (unpaired) electrons. The minimum absolute atomic E-state index is 0.0245.